The summed E-state index contributed by atoms with van der Waals surface area (Å²) in [7, 11) is 0. The molecule has 0 aliphatic heterocycles. The van der Waals surface area contributed by atoms with Crippen molar-refractivity contribution < 1.29 is 27.8 Å². The summed E-state index contributed by atoms with van der Waals surface area (Å²) in [4.78, 5) is 0. The van der Waals surface area contributed by atoms with Gasteiger partial charge in [-0.25, -0.2) is 0 Å². The molecule has 7 aromatic rings. The van der Waals surface area contributed by atoms with Crippen LogP contribution in [0.1, 0.15) is 120 Å². The lowest BCUT2D eigenvalue weighted by molar-refractivity contribution is 0.247. The molecule has 3 aromatic heterocycles. The molecule has 9 heteroatoms. The minimum atomic E-state index is 0.499. The number of nitrogens with zero attached hydrogens (tertiary/aromatic N) is 3. The quantitative estimate of drug-likeness (QED) is 0.0498. The summed E-state index contributed by atoms with van der Waals surface area (Å²) in [6, 6.07) is 36.1. The molecule has 0 spiro atoms. The van der Waals surface area contributed by atoms with Crippen LogP contribution in [0, 0.1) is 35.5 Å². The maximum atomic E-state index is 6.16. The van der Waals surface area contributed by atoms with E-state index in [0.717, 1.165) is 85.5 Å². The van der Waals surface area contributed by atoms with E-state index in [2.05, 4.69) is 77.8 Å². The standard InChI is InChI=1S/C60H75N3O6/c1-40(2)13-10-16-43(7)37-64-52-25-19-46(20-26-52)55-34-58(67-61-55)49-31-50(59-35-56(62-68-59)47-21-27-53(28-22-47)65-38-44(8)17-11-14-41(3)4)33-51(32-49)60-36-57(63-69-60)48-23-29-54(30-24-48)66-39-45(9)18-12-15-42(5)6/h19-36,40-45H,10-18,37-39H2,1-9H3/t43-,44-,45-/m0/s1. The van der Waals surface area contributed by atoms with E-state index in [1.165, 1.54) is 57.8 Å². The Kier molecular flexibility index (Phi) is 18.4. The van der Waals surface area contributed by atoms with E-state index in [1.54, 1.807) is 0 Å². The van der Waals surface area contributed by atoms with Crippen LogP contribution in [0.4, 0.5) is 0 Å². The second kappa shape index (κ2) is 25.0. The summed E-state index contributed by atoms with van der Waals surface area (Å²) < 4.78 is 36.6. The Morgan fingerprint density at radius 2 is 0.594 bits per heavy atom. The third-order valence-corrected chi connectivity index (χ3v) is 12.8. The van der Waals surface area contributed by atoms with Crippen LogP contribution in [0.5, 0.6) is 17.2 Å². The first kappa shape index (κ1) is 50.8. The van der Waals surface area contributed by atoms with Crippen molar-refractivity contribution in [3.05, 3.63) is 109 Å². The van der Waals surface area contributed by atoms with Crippen molar-refractivity contribution >= 4 is 0 Å². The molecule has 0 radical (unpaired) electrons. The van der Waals surface area contributed by atoms with Gasteiger partial charge in [0.2, 0.25) is 0 Å². The summed E-state index contributed by atoms with van der Waals surface area (Å²) in [6.07, 6.45) is 10.9. The van der Waals surface area contributed by atoms with Gasteiger partial charge >= 0.3 is 0 Å². The Hall–Kier alpha value is -6.09. The molecule has 0 aliphatic rings. The van der Waals surface area contributed by atoms with Gasteiger partial charge in [0.15, 0.2) is 17.3 Å². The van der Waals surface area contributed by atoms with E-state index in [0.29, 0.717) is 54.9 Å². The van der Waals surface area contributed by atoms with E-state index in [-0.39, 0.29) is 0 Å². The second-order valence-electron chi connectivity index (χ2n) is 20.8. The van der Waals surface area contributed by atoms with Crippen molar-refractivity contribution in [3.63, 3.8) is 0 Å². The van der Waals surface area contributed by atoms with Gasteiger partial charge in [0, 0.05) is 51.6 Å². The van der Waals surface area contributed by atoms with Crippen LogP contribution >= 0.6 is 0 Å². The minimum absolute atomic E-state index is 0.499. The summed E-state index contributed by atoms with van der Waals surface area (Å²) in [5, 5.41) is 13.5. The molecule has 4 aromatic carbocycles. The Morgan fingerprint density at radius 3 is 0.841 bits per heavy atom. The fourth-order valence-electron chi connectivity index (χ4n) is 8.45. The predicted octanol–water partition coefficient (Wildman–Crippen LogP) is 17.2. The van der Waals surface area contributed by atoms with Crippen LogP contribution in [-0.4, -0.2) is 35.3 Å². The van der Waals surface area contributed by atoms with Gasteiger partial charge < -0.3 is 27.8 Å². The largest absolute Gasteiger partial charge is 0.493 e. The van der Waals surface area contributed by atoms with Crippen LogP contribution in [0.3, 0.4) is 0 Å². The highest BCUT2D eigenvalue weighted by molar-refractivity contribution is 5.80. The number of hydrogen-bond acceptors (Lipinski definition) is 9. The molecule has 69 heavy (non-hydrogen) atoms. The highest BCUT2D eigenvalue weighted by Gasteiger charge is 2.19. The van der Waals surface area contributed by atoms with Crippen molar-refractivity contribution in [2.45, 2.75) is 120 Å². The lowest BCUT2D eigenvalue weighted by Gasteiger charge is -2.14. The SMILES string of the molecule is CC(C)CCC[C@H](C)COc1ccc(-c2cc(-c3cc(-c4cc(-c5ccc(OC[C@@H](C)CCCC(C)C)cc5)no4)cc(-c4cc(-c5ccc(OC[C@@H](C)CCCC(C)C)cc5)no4)c3)on2)cc1. The number of benzene rings is 4. The molecule has 0 bridgehead atoms. The molecule has 3 heterocycles. The first-order chi connectivity index (χ1) is 33.3. The zero-order valence-corrected chi connectivity index (χ0v) is 42.6. The molecule has 0 N–H and O–H groups in total. The number of hydrogen-bond donors (Lipinski definition) is 0. The van der Waals surface area contributed by atoms with E-state index in [1.807, 2.05) is 109 Å². The number of aromatic nitrogens is 3. The third-order valence-electron chi connectivity index (χ3n) is 12.8. The molecule has 0 aliphatic carbocycles. The molecule has 0 amide bonds. The Labute approximate surface area is 411 Å². The maximum Gasteiger partial charge on any atom is 0.167 e. The summed E-state index contributed by atoms with van der Waals surface area (Å²) in [5.41, 5.74) is 7.33. The second-order valence-corrected chi connectivity index (χ2v) is 20.8. The summed E-state index contributed by atoms with van der Waals surface area (Å²) in [6.45, 7) is 22.5. The molecular weight excluding hydrogens is 859 g/mol. The van der Waals surface area contributed by atoms with E-state index in [4.69, 9.17) is 27.8 Å². The van der Waals surface area contributed by atoms with Crippen molar-refractivity contribution in [2.75, 3.05) is 19.8 Å². The summed E-state index contributed by atoms with van der Waals surface area (Å²) >= 11 is 0. The molecule has 0 saturated carbocycles. The zero-order valence-electron chi connectivity index (χ0n) is 42.6. The first-order valence-electron chi connectivity index (χ1n) is 25.6. The highest BCUT2D eigenvalue weighted by atomic mass is 16.5. The first-order valence-corrected chi connectivity index (χ1v) is 25.6. The fourth-order valence-corrected chi connectivity index (χ4v) is 8.45. The monoisotopic (exact) mass is 934 g/mol. The fraction of sp³-hybridized carbons (Fsp3) is 0.450. The highest BCUT2D eigenvalue weighted by Crippen LogP contribution is 2.37. The topological polar surface area (TPSA) is 106 Å². The average molecular weight is 934 g/mol. The molecule has 3 atom stereocenters. The molecule has 0 unspecified atom stereocenters. The van der Waals surface area contributed by atoms with Gasteiger partial charge in [-0.15, -0.1) is 0 Å². The van der Waals surface area contributed by atoms with Crippen molar-refractivity contribution in [1.29, 1.82) is 0 Å². The lowest BCUT2D eigenvalue weighted by atomic mass is 9.99. The smallest absolute Gasteiger partial charge is 0.167 e. The normalized spacial score (nSPS) is 13.0. The summed E-state index contributed by atoms with van der Waals surface area (Å²) in [5.74, 6) is 8.01. The van der Waals surface area contributed by atoms with E-state index >= 15 is 0 Å². The van der Waals surface area contributed by atoms with Crippen LogP contribution in [0.2, 0.25) is 0 Å². The van der Waals surface area contributed by atoms with E-state index in [9.17, 15) is 0 Å². The number of ether oxygens (including phenoxy) is 3. The molecular formula is C60H75N3O6. The molecule has 0 saturated heterocycles. The zero-order chi connectivity index (χ0) is 48.7. The van der Waals surface area contributed by atoms with Crippen LogP contribution in [0.25, 0.3) is 67.7 Å². The van der Waals surface area contributed by atoms with E-state index < -0.39 is 0 Å². The molecule has 7 rings (SSSR count). The van der Waals surface area contributed by atoms with Crippen LogP contribution in [-0.2, 0) is 0 Å². The Balaban J connectivity index is 1.09. The van der Waals surface area contributed by atoms with Crippen molar-refractivity contribution in [3.8, 4) is 85.0 Å². The molecule has 9 nitrogen and oxygen atoms in total. The predicted molar refractivity (Wildman–Crippen MR) is 279 cm³/mol. The molecule has 366 valence electrons. The van der Waals surface area contributed by atoms with Gasteiger partial charge in [-0.2, -0.15) is 0 Å². The molecule has 0 fully saturated rings. The van der Waals surface area contributed by atoms with Gasteiger partial charge in [0.1, 0.15) is 34.3 Å². The minimum Gasteiger partial charge on any atom is -0.493 e. The average Bonchev–Trinajstić information content (AvgIpc) is 4.15. The Morgan fingerprint density at radius 1 is 0.333 bits per heavy atom. The van der Waals surface area contributed by atoms with Gasteiger partial charge in [0.25, 0.3) is 0 Å². The number of rotatable bonds is 27. The van der Waals surface area contributed by atoms with Gasteiger partial charge in [-0.05, 0) is 146 Å². The van der Waals surface area contributed by atoms with Crippen LogP contribution in [0.15, 0.2) is 123 Å². The van der Waals surface area contributed by atoms with Crippen molar-refractivity contribution in [1.82, 2.24) is 15.5 Å². The van der Waals surface area contributed by atoms with Gasteiger partial charge in [-0.3, -0.25) is 0 Å². The van der Waals surface area contributed by atoms with Gasteiger partial charge in [-0.1, -0.05) is 116 Å². The van der Waals surface area contributed by atoms with Gasteiger partial charge in [0.05, 0.1) is 19.8 Å². The van der Waals surface area contributed by atoms with Crippen LogP contribution < -0.4 is 14.2 Å². The van der Waals surface area contributed by atoms with Crippen molar-refractivity contribution in [2.24, 2.45) is 35.5 Å². The maximum absolute atomic E-state index is 6.16. The third kappa shape index (κ3) is 15.5. The lowest BCUT2D eigenvalue weighted by Crippen LogP contribution is -2.08. The Bertz CT molecular complexity index is 2290.